The molecule has 2 heterocycles. The molecule has 2 rings (SSSR count). The molecule has 0 spiro atoms. The maximum atomic E-state index is 5.37. The Morgan fingerprint density at radius 2 is 2.50 bits per heavy atom. The van der Waals surface area contributed by atoms with Crippen LogP contribution in [0.1, 0.15) is 32.1 Å². The second-order valence-corrected chi connectivity index (χ2v) is 5.36. The molecule has 1 fully saturated rings. The second kappa shape index (κ2) is 4.41. The molecule has 1 saturated heterocycles. The van der Waals surface area contributed by atoms with E-state index in [1.165, 1.54) is 12.2 Å². The molecule has 2 unspecified atom stereocenters. The van der Waals surface area contributed by atoms with Gasteiger partial charge in [-0.25, -0.2) is 0 Å². The van der Waals surface area contributed by atoms with Crippen molar-refractivity contribution in [2.24, 2.45) is 0 Å². The molecular formula is C11H17NOS. The highest BCUT2D eigenvalue weighted by molar-refractivity contribution is 8.00. The van der Waals surface area contributed by atoms with E-state index in [-0.39, 0.29) is 0 Å². The molecule has 78 valence electrons. The van der Waals surface area contributed by atoms with Gasteiger partial charge in [-0.3, -0.25) is 0 Å². The molecule has 0 radical (unpaired) electrons. The third-order valence-electron chi connectivity index (χ3n) is 2.81. The van der Waals surface area contributed by atoms with Crippen molar-refractivity contribution in [1.82, 2.24) is 5.32 Å². The smallest absolute Gasteiger partial charge is 0.120 e. The van der Waals surface area contributed by atoms with E-state index in [1.807, 2.05) is 12.1 Å². The van der Waals surface area contributed by atoms with Gasteiger partial charge in [0.2, 0.25) is 0 Å². The first-order chi connectivity index (χ1) is 6.77. The van der Waals surface area contributed by atoms with E-state index in [2.05, 4.69) is 30.9 Å². The van der Waals surface area contributed by atoms with Crippen molar-refractivity contribution in [2.75, 3.05) is 5.75 Å². The normalized spacial score (nSPS) is 29.3. The molecule has 2 nitrogen and oxygen atoms in total. The summed E-state index contributed by atoms with van der Waals surface area (Å²) < 4.78 is 5.37. The van der Waals surface area contributed by atoms with Gasteiger partial charge in [-0.05, 0) is 31.2 Å². The molecule has 1 aromatic heterocycles. The molecule has 1 aliphatic heterocycles. The predicted octanol–water partition coefficient (Wildman–Crippen LogP) is 2.82. The van der Waals surface area contributed by atoms with Crippen LogP contribution in [0.3, 0.4) is 0 Å². The molecule has 0 aliphatic carbocycles. The van der Waals surface area contributed by atoms with Gasteiger partial charge in [0, 0.05) is 11.3 Å². The Morgan fingerprint density at radius 3 is 3.07 bits per heavy atom. The average molecular weight is 211 g/mol. The third-order valence-corrected chi connectivity index (χ3v) is 4.14. The fourth-order valence-electron chi connectivity index (χ4n) is 1.89. The van der Waals surface area contributed by atoms with Crippen molar-refractivity contribution in [3.8, 4) is 0 Å². The largest absolute Gasteiger partial charge is 0.468 e. The van der Waals surface area contributed by atoms with E-state index in [4.69, 9.17) is 4.42 Å². The summed E-state index contributed by atoms with van der Waals surface area (Å²) in [7, 11) is 0. The summed E-state index contributed by atoms with van der Waals surface area (Å²) in [4.78, 5) is 0. The maximum absolute atomic E-state index is 5.37. The lowest BCUT2D eigenvalue weighted by Gasteiger charge is -2.20. The van der Waals surface area contributed by atoms with Gasteiger partial charge in [0.1, 0.15) is 5.76 Å². The van der Waals surface area contributed by atoms with E-state index < -0.39 is 0 Å². The lowest BCUT2D eigenvalue weighted by atomic mass is 10.1. The van der Waals surface area contributed by atoms with Gasteiger partial charge >= 0.3 is 0 Å². The molecule has 1 aromatic rings. The van der Waals surface area contributed by atoms with Crippen LogP contribution in [0, 0.1) is 0 Å². The van der Waals surface area contributed by atoms with Gasteiger partial charge in [-0.2, -0.15) is 11.8 Å². The van der Waals surface area contributed by atoms with Gasteiger partial charge in [-0.1, -0.05) is 6.92 Å². The fourth-order valence-corrected chi connectivity index (χ4v) is 3.10. The van der Waals surface area contributed by atoms with E-state index >= 15 is 0 Å². The van der Waals surface area contributed by atoms with Crippen LogP contribution < -0.4 is 5.32 Å². The van der Waals surface area contributed by atoms with Gasteiger partial charge in [0.05, 0.1) is 12.3 Å². The van der Waals surface area contributed by atoms with Crippen LogP contribution in [-0.4, -0.2) is 17.0 Å². The van der Waals surface area contributed by atoms with Crippen molar-refractivity contribution in [1.29, 1.82) is 0 Å². The Morgan fingerprint density at radius 1 is 1.64 bits per heavy atom. The number of rotatable bonds is 3. The lowest BCUT2D eigenvalue weighted by Crippen LogP contribution is -2.35. The van der Waals surface area contributed by atoms with Crippen LogP contribution in [-0.2, 0) is 0 Å². The first-order valence-electron chi connectivity index (χ1n) is 5.18. The topological polar surface area (TPSA) is 25.2 Å². The Kier molecular flexibility index (Phi) is 3.19. The maximum Gasteiger partial charge on any atom is 0.120 e. The Labute approximate surface area is 89.4 Å². The quantitative estimate of drug-likeness (QED) is 0.832. The molecule has 1 aliphatic rings. The molecule has 3 heteroatoms. The van der Waals surface area contributed by atoms with Crippen LogP contribution in [0.5, 0.6) is 0 Å². The number of nitrogens with one attached hydrogen (secondary N) is 1. The molecule has 1 N–H and O–H groups in total. The number of thioether (sulfide) groups is 1. The second-order valence-electron chi connectivity index (χ2n) is 3.87. The van der Waals surface area contributed by atoms with Gasteiger partial charge in [-0.15, -0.1) is 0 Å². The molecule has 14 heavy (non-hydrogen) atoms. The number of furan rings is 1. The number of hydrogen-bond acceptors (Lipinski definition) is 3. The third kappa shape index (κ3) is 2.15. The molecular weight excluding hydrogens is 194 g/mol. The summed E-state index contributed by atoms with van der Waals surface area (Å²) in [5.41, 5.74) is 0. The van der Waals surface area contributed by atoms with E-state index in [9.17, 15) is 0 Å². The van der Waals surface area contributed by atoms with Crippen LogP contribution in [0.4, 0.5) is 0 Å². The monoisotopic (exact) mass is 211 g/mol. The molecule has 0 saturated carbocycles. The van der Waals surface area contributed by atoms with Crippen LogP contribution in [0.15, 0.2) is 22.8 Å². The standard InChI is InChI=1S/C11H17NOS/c1-8(11-4-3-6-13-11)12-10-5-7-14-9(10)2/h3-4,6,8-10,12H,5,7H2,1-2H3/t8-,9?,10?/m0/s1. The summed E-state index contributed by atoms with van der Waals surface area (Å²) in [5, 5.41) is 4.35. The zero-order chi connectivity index (χ0) is 9.97. The summed E-state index contributed by atoms with van der Waals surface area (Å²) in [6.45, 7) is 4.46. The summed E-state index contributed by atoms with van der Waals surface area (Å²) in [6.07, 6.45) is 3.01. The van der Waals surface area contributed by atoms with Gasteiger partial charge in [0.25, 0.3) is 0 Å². The van der Waals surface area contributed by atoms with E-state index in [1.54, 1.807) is 6.26 Å². The zero-order valence-electron chi connectivity index (χ0n) is 8.69. The van der Waals surface area contributed by atoms with Gasteiger partial charge in [0.15, 0.2) is 0 Å². The van der Waals surface area contributed by atoms with E-state index in [0.717, 1.165) is 11.0 Å². The zero-order valence-corrected chi connectivity index (χ0v) is 9.51. The van der Waals surface area contributed by atoms with Crippen molar-refractivity contribution < 1.29 is 4.42 Å². The van der Waals surface area contributed by atoms with Crippen molar-refractivity contribution >= 4 is 11.8 Å². The van der Waals surface area contributed by atoms with Gasteiger partial charge < -0.3 is 9.73 Å². The van der Waals surface area contributed by atoms with Crippen molar-refractivity contribution in [3.05, 3.63) is 24.2 Å². The molecule has 3 atom stereocenters. The number of hydrogen-bond donors (Lipinski definition) is 1. The average Bonchev–Trinajstić information content (AvgIpc) is 2.77. The Balaban J connectivity index is 1.91. The summed E-state index contributed by atoms with van der Waals surface area (Å²) in [5.74, 6) is 2.32. The van der Waals surface area contributed by atoms with Crippen LogP contribution in [0.25, 0.3) is 0 Å². The highest BCUT2D eigenvalue weighted by Crippen LogP contribution is 2.28. The minimum Gasteiger partial charge on any atom is -0.468 e. The lowest BCUT2D eigenvalue weighted by molar-refractivity contribution is 0.387. The first-order valence-corrected chi connectivity index (χ1v) is 6.23. The predicted molar refractivity (Wildman–Crippen MR) is 60.6 cm³/mol. The van der Waals surface area contributed by atoms with Crippen molar-refractivity contribution in [2.45, 2.75) is 37.6 Å². The summed E-state index contributed by atoms with van der Waals surface area (Å²) >= 11 is 2.05. The minimum atomic E-state index is 0.330. The highest BCUT2D eigenvalue weighted by atomic mass is 32.2. The van der Waals surface area contributed by atoms with Crippen LogP contribution >= 0.6 is 11.8 Å². The first kappa shape index (κ1) is 10.1. The molecule has 0 bridgehead atoms. The minimum absolute atomic E-state index is 0.330. The van der Waals surface area contributed by atoms with Crippen LogP contribution in [0.2, 0.25) is 0 Å². The van der Waals surface area contributed by atoms with E-state index in [0.29, 0.717) is 12.1 Å². The fraction of sp³-hybridized carbons (Fsp3) is 0.636. The summed E-state index contributed by atoms with van der Waals surface area (Å²) in [6, 6.07) is 4.95. The SMILES string of the molecule is CC1SCCC1N[C@@H](C)c1ccco1. The highest BCUT2D eigenvalue weighted by Gasteiger charge is 2.25. The Hall–Kier alpha value is -0.410. The molecule has 0 amide bonds. The molecule has 0 aromatic carbocycles. The van der Waals surface area contributed by atoms with Crippen molar-refractivity contribution in [3.63, 3.8) is 0 Å². The Bertz CT molecular complexity index is 273.